The molecule has 0 spiro atoms. The summed E-state index contributed by atoms with van der Waals surface area (Å²) in [7, 11) is 0. The smallest absolute Gasteiger partial charge is 0.174 e. The molecule has 0 unspecified atom stereocenters. The number of nitrogens with zero attached hydrogens (tertiary/aromatic N) is 3. The molecule has 0 atom stereocenters. The Balaban J connectivity index is 1.92. The number of benzene rings is 2. The maximum Gasteiger partial charge on any atom is 0.174 e. The van der Waals surface area contributed by atoms with Crippen LogP contribution >= 0.6 is 0 Å². The first-order valence-electron chi connectivity index (χ1n) is 9.33. The molecule has 3 nitrogen and oxygen atoms in total. The van der Waals surface area contributed by atoms with Gasteiger partial charge in [-0.05, 0) is 44.2 Å². The fourth-order valence-corrected chi connectivity index (χ4v) is 3.89. The predicted molar refractivity (Wildman–Crippen MR) is 111 cm³/mol. The SMILES string of the molecule is Cc1cc2c(ccn2-c2c(F)c(-c3ccccc3F)nc3ccccc23)c(C)n1. The third-order valence-corrected chi connectivity index (χ3v) is 5.18. The van der Waals surface area contributed by atoms with Gasteiger partial charge in [0.05, 0.1) is 16.7 Å². The largest absolute Gasteiger partial charge is 0.313 e. The number of halogens is 2. The van der Waals surface area contributed by atoms with E-state index in [1.165, 1.54) is 6.07 Å². The molecule has 2 aromatic carbocycles. The quantitative estimate of drug-likeness (QED) is 0.366. The topological polar surface area (TPSA) is 30.7 Å². The van der Waals surface area contributed by atoms with Crippen LogP contribution in [0.25, 0.3) is 38.8 Å². The van der Waals surface area contributed by atoms with E-state index in [2.05, 4.69) is 9.97 Å². The highest BCUT2D eigenvalue weighted by Gasteiger charge is 2.21. The first kappa shape index (κ1) is 17.5. The number of pyridine rings is 2. The zero-order valence-corrected chi connectivity index (χ0v) is 15.9. The Labute approximate surface area is 166 Å². The molecular formula is C24H17F2N3. The molecule has 0 fully saturated rings. The van der Waals surface area contributed by atoms with E-state index in [0.717, 1.165) is 22.3 Å². The second-order valence-corrected chi connectivity index (χ2v) is 7.09. The van der Waals surface area contributed by atoms with Gasteiger partial charge < -0.3 is 4.57 Å². The summed E-state index contributed by atoms with van der Waals surface area (Å²) in [6, 6.07) is 17.3. The minimum atomic E-state index is -0.557. The van der Waals surface area contributed by atoms with Crippen molar-refractivity contribution in [2.45, 2.75) is 13.8 Å². The summed E-state index contributed by atoms with van der Waals surface area (Å²) in [6.45, 7) is 3.85. The minimum absolute atomic E-state index is 0.00106. The van der Waals surface area contributed by atoms with Crippen molar-refractivity contribution < 1.29 is 8.78 Å². The van der Waals surface area contributed by atoms with Crippen LogP contribution < -0.4 is 0 Å². The van der Waals surface area contributed by atoms with E-state index in [-0.39, 0.29) is 11.3 Å². The molecule has 142 valence electrons. The highest BCUT2D eigenvalue weighted by atomic mass is 19.1. The number of hydrogen-bond acceptors (Lipinski definition) is 2. The monoisotopic (exact) mass is 385 g/mol. The van der Waals surface area contributed by atoms with Gasteiger partial charge in [-0.3, -0.25) is 4.98 Å². The molecule has 0 aliphatic rings. The van der Waals surface area contributed by atoms with Crippen molar-refractivity contribution in [1.29, 1.82) is 0 Å². The summed E-state index contributed by atoms with van der Waals surface area (Å²) >= 11 is 0. The molecule has 0 bridgehead atoms. The molecule has 0 saturated carbocycles. The lowest BCUT2D eigenvalue weighted by Gasteiger charge is -2.15. The van der Waals surface area contributed by atoms with Crippen molar-refractivity contribution in [3.63, 3.8) is 0 Å². The summed E-state index contributed by atoms with van der Waals surface area (Å²) in [4.78, 5) is 8.95. The van der Waals surface area contributed by atoms with Gasteiger partial charge in [-0.1, -0.05) is 30.3 Å². The fraction of sp³-hybridized carbons (Fsp3) is 0.0833. The summed E-state index contributed by atoms with van der Waals surface area (Å²) < 4.78 is 32.2. The molecule has 0 saturated heterocycles. The van der Waals surface area contributed by atoms with E-state index >= 15 is 4.39 Å². The lowest BCUT2D eigenvalue weighted by atomic mass is 10.1. The zero-order chi connectivity index (χ0) is 20.1. The van der Waals surface area contributed by atoms with E-state index in [1.54, 1.807) is 22.8 Å². The first-order chi connectivity index (χ1) is 14.0. The second kappa shape index (κ2) is 6.48. The molecule has 0 amide bonds. The molecule has 0 radical (unpaired) electrons. The summed E-state index contributed by atoms with van der Waals surface area (Å²) in [5, 5.41) is 1.61. The third-order valence-electron chi connectivity index (χ3n) is 5.18. The van der Waals surface area contributed by atoms with Crippen LogP contribution in [0.5, 0.6) is 0 Å². The van der Waals surface area contributed by atoms with Gasteiger partial charge in [0.25, 0.3) is 0 Å². The lowest BCUT2D eigenvalue weighted by molar-refractivity contribution is 0.609. The Morgan fingerprint density at radius 1 is 0.828 bits per heavy atom. The van der Waals surface area contributed by atoms with Gasteiger partial charge >= 0.3 is 0 Å². The first-order valence-corrected chi connectivity index (χ1v) is 9.33. The molecule has 3 aromatic heterocycles. The van der Waals surface area contributed by atoms with Crippen LogP contribution in [0.1, 0.15) is 11.4 Å². The molecule has 5 heteroatoms. The number of para-hydroxylation sites is 1. The average molecular weight is 385 g/mol. The normalized spacial score (nSPS) is 11.4. The number of fused-ring (bicyclic) bond motifs is 2. The highest BCUT2D eigenvalue weighted by molar-refractivity contribution is 5.94. The van der Waals surface area contributed by atoms with Gasteiger partial charge in [0.2, 0.25) is 0 Å². The molecule has 5 rings (SSSR count). The Kier molecular flexibility index (Phi) is 3.91. The lowest BCUT2D eigenvalue weighted by Crippen LogP contribution is -2.04. The van der Waals surface area contributed by atoms with Gasteiger partial charge in [0.1, 0.15) is 11.5 Å². The summed E-state index contributed by atoms with van der Waals surface area (Å²) in [5.74, 6) is -1.06. The fourth-order valence-electron chi connectivity index (χ4n) is 3.89. The molecule has 0 aliphatic heterocycles. The van der Waals surface area contributed by atoms with Crippen LogP contribution in [-0.4, -0.2) is 14.5 Å². The van der Waals surface area contributed by atoms with Gasteiger partial charge in [0.15, 0.2) is 5.82 Å². The standard InChI is InChI=1S/C24H17F2N3/c1-14-13-21-16(15(2)27-14)11-12-29(21)24-18-8-4-6-10-20(18)28-23(22(24)26)17-7-3-5-9-19(17)25/h3-13H,1-2H3. The van der Waals surface area contributed by atoms with E-state index in [9.17, 15) is 4.39 Å². The van der Waals surface area contributed by atoms with Crippen molar-refractivity contribution in [2.24, 2.45) is 0 Å². The van der Waals surface area contributed by atoms with Crippen LogP contribution in [0.15, 0.2) is 66.9 Å². The van der Waals surface area contributed by atoms with Gasteiger partial charge in [0, 0.05) is 33.9 Å². The number of hydrogen-bond donors (Lipinski definition) is 0. The Bertz CT molecular complexity index is 1400. The molecule has 29 heavy (non-hydrogen) atoms. The number of rotatable bonds is 2. The van der Waals surface area contributed by atoms with Crippen LogP contribution in [0.4, 0.5) is 8.78 Å². The van der Waals surface area contributed by atoms with Crippen molar-refractivity contribution in [3.05, 3.63) is 89.9 Å². The van der Waals surface area contributed by atoms with Gasteiger partial charge in [-0.2, -0.15) is 0 Å². The maximum absolute atomic E-state index is 15.9. The zero-order valence-electron chi connectivity index (χ0n) is 15.9. The molecule has 0 N–H and O–H groups in total. The minimum Gasteiger partial charge on any atom is -0.313 e. The Hall–Kier alpha value is -3.60. The van der Waals surface area contributed by atoms with E-state index in [4.69, 9.17) is 0 Å². The Morgan fingerprint density at radius 3 is 2.41 bits per heavy atom. The number of aryl methyl sites for hydroxylation is 2. The van der Waals surface area contributed by atoms with Crippen LogP contribution in [0.3, 0.4) is 0 Å². The van der Waals surface area contributed by atoms with Gasteiger partial charge in [-0.25, -0.2) is 13.8 Å². The van der Waals surface area contributed by atoms with Crippen LogP contribution in [-0.2, 0) is 0 Å². The molecule has 0 aliphatic carbocycles. The molecule has 5 aromatic rings. The number of aromatic nitrogens is 3. The molecular weight excluding hydrogens is 368 g/mol. The van der Waals surface area contributed by atoms with Crippen LogP contribution in [0, 0.1) is 25.5 Å². The van der Waals surface area contributed by atoms with Crippen molar-refractivity contribution in [1.82, 2.24) is 14.5 Å². The second-order valence-electron chi connectivity index (χ2n) is 7.09. The summed E-state index contributed by atoms with van der Waals surface area (Å²) in [6.07, 6.45) is 1.83. The third kappa shape index (κ3) is 2.70. The average Bonchev–Trinajstić information content (AvgIpc) is 3.12. The maximum atomic E-state index is 15.9. The van der Waals surface area contributed by atoms with Crippen LogP contribution in [0.2, 0.25) is 0 Å². The molecule has 3 heterocycles. The van der Waals surface area contributed by atoms with Gasteiger partial charge in [-0.15, -0.1) is 0 Å². The Morgan fingerprint density at radius 2 is 1.59 bits per heavy atom. The van der Waals surface area contributed by atoms with E-state index in [0.29, 0.717) is 16.6 Å². The van der Waals surface area contributed by atoms with Crippen molar-refractivity contribution >= 4 is 21.8 Å². The summed E-state index contributed by atoms with van der Waals surface area (Å²) in [5.41, 5.74) is 3.68. The van der Waals surface area contributed by atoms with E-state index in [1.807, 2.05) is 56.4 Å². The van der Waals surface area contributed by atoms with E-state index < -0.39 is 11.6 Å². The highest BCUT2D eigenvalue weighted by Crippen LogP contribution is 2.34. The van der Waals surface area contributed by atoms with Crippen molar-refractivity contribution in [3.8, 4) is 16.9 Å². The predicted octanol–water partition coefficient (Wildman–Crippen LogP) is 6.14. The van der Waals surface area contributed by atoms with Crippen molar-refractivity contribution in [2.75, 3.05) is 0 Å².